The Morgan fingerprint density at radius 2 is 1.90 bits per heavy atom. The number of aromatic nitrogens is 3. The first-order valence-corrected chi connectivity index (χ1v) is 11.3. The molecule has 1 aromatic heterocycles. The van der Waals surface area contributed by atoms with Crippen LogP contribution >= 0.6 is 0 Å². The molecule has 30 heavy (non-hydrogen) atoms. The van der Waals surface area contributed by atoms with Gasteiger partial charge >= 0.3 is 0 Å². The van der Waals surface area contributed by atoms with E-state index in [1.807, 2.05) is 30.3 Å². The maximum absolute atomic E-state index is 12.5. The Balaban J connectivity index is 1.47. The molecule has 0 fully saturated rings. The minimum atomic E-state index is -3.28. The number of hydrogen-bond acceptors (Lipinski definition) is 6. The van der Waals surface area contributed by atoms with Crippen molar-refractivity contribution < 1.29 is 17.9 Å². The quantitative estimate of drug-likeness (QED) is 0.485. The number of rotatable bonds is 9. The van der Waals surface area contributed by atoms with Crippen LogP contribution in [0.5, 0.6) is 5.75 Å². The van der Waals surface area contributed by atoms with E-state index in [9.17, 15) is 13.2 Å². The molecule has 0 aliphatic rings. The maximum atomic E-state index is 12.5. The number of carbonyl (C=O) groups excluding carboxylic acids is 1. The monoisotopic (exact) mass is 428 g/mol. The summed E-state index contributed by atoms with van der Waals surface area (Å²) in [6.45, 7) is 1.37. The van der Waals surface area contributed by atoms with Crippen LogP contribution in [0, 0.1) is 0 Å². The molecule has 8 nitrogen and oxygen atoms in total. The van der Waals surface area contributed by atoms with Crippen LogP contribution in [0.2, 0.25) is 0 Å². The predicted octanol–water partition coefficient (Wildman–Crippen LogP) is 2.27. The molecule has 1 amide bonds. The van der Waals surface area contributed by atoms with Gasteiger partial charge in [-0.3, -0.25) is 4.79 Å². The Hall–Kier alpha value is -3.20. The van der Waals surface area contributed by atoms with Crippen LogP contribution in [0.3, 0.4) is 0 Å². The van der Waals surface area contributed by atoms with Gasteiger partial charge in [0.25, 0.3) is 5.91 Å². The smallest absolute Gasteiger partial charge is 0.275 e. The number of nitrogens with zero attached hydrogens (tertiary/aromatic N) is 4. The molecule has 9 heteroatoms. The van der Waals surface area contributed by atoms with Crippen molar-refractivity contribution >= 4 is 15.7 Å². The molecule has 0 saturated carbocycles. The van der Waals surface area contributed by atoms with Crippen molar-refractivity contribution in [3.63, 3.8) is 0 Å². The van der Waals surface area contributed by atoms with Crippen LogP contribution in [-0.4, -0.2) is 60.7 Å². The third-order valence-electron chi connectivity index (χ3n) is 4.43. The van der Waals surface area contributed by atoms with Crippen molar-refractivity contribution in [1.82, 2.24) is 19.9 Å². The summed E-state index contributed by atoms with van der Waals surface area (Å²) in [6.07, 6.45) is 3.38. The third-order valence-corrected chi connectivity index (χ3v) is 5.54. The van der Waals surface area contributed by atoms with E-state index in [1.54, 1.807) is 35.0 Å². The van der Waals surface area contributed by atoms with E-state index in [-0.39, 0.29) is 16.5 Å². The summed E-state index contributed by atoms with van der Waals surface area (Å²) in [6, 6.07) is 16.2. The van der Waals surface area contributed by atoms with Crippen LogP contribution in [0.1, 0.15) is 22.5 Å². The Labute approximate surface area is 176 Å². The number of ether oxygens (including phenoxy) is 1. The average molecular weight is 429 g/mol. The first kappa shape index (κ1) is 21.5. The van der Waals surface area contributed by atoms with E-state index in [2.05, 4.69) is 10.3 Å². The summed E-state index contributed by atoms with van der Waals surface area (Å²) in [5.74, 6) is 0.268. The topological polar surface area (TPSA) is 94.4 Å². The first-order valence-electron chi connectivity index (χ1n) is 9.45. The number of sulfone groups is 1. The summed E-state index contributed by atoms with van der Waals surface area (Å²) < 4.78 is 30.5. The van der Waals surface area contributed by atoms with Gasteiger partial charge in [-0.25, -0.2) is 13.1 Å². The van der Waals surface area contributed by atoms with Gasteiger partial charge in [-0.05, 0) is 30.2 Å². The van der Waals surface area contributed by atoms with Crippen LogP contribution < -0.4 is 4.74 Å². The van der Waals surface area contributed by atoms with Gasteiger partial charge in [0.1, 0.15) is 5.75 Å². The van der Waals surface area contributed by atoms with Gasteiger partial charge in [0.15, 0.2) is 15.5 Å². The van der Waals surface area contributed by atoms with E-state index >= 15 is 0 Å². The third kappa shape index (κ3) is 5.90. The highest BCUT2D eigenvalue weighted by Crippen LogP contribution is 2.17. The van der Waals surface area contributed by atoms with E-state index in [1.165, 1.54) is 12.1 Å². The molecule has 3 aromatic rings. The second-order valence-corrected chi connectivity index (χ2v) is 8.98. The van der Waals surface area contributed by atoms with Gasteiger partial charge < -0.3 is 9.64 Å². The Bertz CT molecular complexity index is 1100. The molecular weight excluding hydrogens is 404 g/mol. The van der Waals surface area contributed by atoms with Crippen molar-refractivity contribution in [1.29, 1.82) is 0 Å². The molecule has 0 aliphatic heterocycles. The van der Waals surface area contributed by atoms with Crippen molar-refractivity contribution in [2.75, 3.05) is 26.5 Å². The molecule has 2 aromatic carbocycles. The van der Waals surface area contributed by atoms with Gasteiger partial charge in [-0.2, -0.15) is 0 Å². The molecule has 158 valence electrons. The minimum Gasteiger partial charge on any atom is -0.493 e. The first-order chi connectivity index (χ1) is 14.3. The fourth-order valence-corrected chi connectivity index (χ4v) is 3.48. The van der Waals surface area contributed by atoms with E-state index in [4.69, 9.17) is 4.74 Å². The SMILES string of the molecule is CN(CCCOc1cccc(S(C)(=O)=O)c1)C(=O)c1cn(Cc2ccccc2)nn1. The summed E-state index contributed by atoms with van der Waals surface area (Å²) in [7, 11) is -1.58. The molecule has 0 bridgehead atoms. The summed E-state index contributed by atoms with van der Waals surface area (Å²) in [4.78, 5) is 14.3. The van der Waals surface area contributed by atoms with Crippen LogP contribution in [0.4, 0.5) is 0 Å². The zero-order valence-corrected chi connectivity index (χ0v) is 17.7. The van der Waals surface area contributed by atoms with Gasteiger partial charge in [0.05, 0.1) is 24.2 Å². The fraction of sp³-hybridized carbons (Fsp3) is 0.286. The lowest BCUT2D eigenvalue weighted by Crippen LogP contribution is -2.29. The largest absolute Gasteiger partial charge is 0.493 e. The number of hydrogen-bond donors (Lipinski definition) is 0. The van der Waals surface area contributed by atoms with Gasteiger partial charge in [0, 0.05) is 19.8 Å². The van der Waals surface area contributed by atoms with Crippen molar-refractivity contribution in [3.8, 4) is 5.75 Å². The second kappa shape index (κ2) is 9.53. The van der Waals surface area contributed by atoms with Gasteiger partial charge in [0.2, 0.25) is 0 Å². The van der Waals surface area contributed by atoms with E-state index < -0.39 is 9.84 Å². The van der Waals surface area contributed by atoms with Gasteiger partial charge in [-0.15, -0.1) is 5.10 Å². The lowest BCUT2D eigenvalue weighted by molar-refractivity contribution is 0.0782. The highest BCUT2D eigenvalue weighted by Gasteiger charge is 2.16. The lowest BCUT2D eigenvalue weighted by atomic mass is 10.2. The molecule has 3 rings (SSSR count). The Morgan fingerprint density at radius 3 is 2.63 bits per heavy atom. The van der Waals surface area contributed by atoms with Gasteiger partial charge in [-0.1, -0.05) is 41.6 Å². The molecule has 0 unspecified atom stereocenters. The molecule has 0 radical (unpaired) electrons. The molecule has 0 spiro atoms. The number of amides is 1. The van der Waals surface area contributed by atoms with Crippen LogP contribution in [0.25, 0.3) is 0 Å². The normalized spacial score (nSPS) is 11.3. The molecular formula is C21H24N4O4S. The van der Waals surface area contributed by atoms with Crippen molar-refractivity contribution in [3.05, 3.63) is 72.1 Å². The standard InChI is InChI=1S/C21H24N4O4S/c1-24(12-7-13-29-18-10-6-11-19(14-18)30(2,27)28)21(26)20-16-25(23-22-20)15-17-8-4-3-5-9-17/h3-6,8-11,14,16H,7,12-13,15H2,1-2H3. The zero-order chi connectivity index (χ0) is 21.6. The predicted molar refractivity (Wildman–Crippen MR) is 112 cm³/mol. The molecule has 0 atom stereocenters. The number of carbonyl (C=O) groups is 1. The minimum absolute atomic E-state index is 0.214. The maximum Gasteiger partial charge on any atom is 0.275 e. The fourth-order valence-electron chi connectivity index (χ4n) is 2.83. The average Bonchev–Trinajstić information content (AvgIpc) is 3.19. The second-order valence-electron chi connectivity index (χ2n) is 6.96. The summed E-state index contributed by atoms with van der Waals surface area (Å²) >= 11 is 0. The Kier molecular flexibility index (Phi) is 6.83. The highest BCUT2D eigenvalue weighted by atomic mass is 32.2. The van der Waals surface area contributed by atoms with E-state index in [0.29, 0.717) is 31.9 Å². The highest BCUT2D eigenvalue weighted by molar-refractivity contribution is 7.90. The Morgan fingerprint density at radius 1 is 1.13 bits per heavy atom. The van der Waals surface area contributed by atoms with Crippen molar-refractivity contribution in [2.24, 2.45) is 0 Å². The molecule has 0 N–H and O–H groups in total. The molecule has 1 heterocycles. The molecule has 0 saturated heterocycles. The number of benzene rings is 2. The van der Waals surface area contributed by atoms with Crippen molar-refractivity contribution in [2.45, 2.75) is 17.9 Å². The summed E-state index contributed by atoms with van der Waals surface area (Å²) in [5, 5.41) is 8.00. The summed E-state index contributed by atoms with van der Waals surface area (Å²) in [5.41, 5.74) is 1.36. The van der Waals surface area contributed by atoms with Crippen LogP contribution in [-0.2, 0) is 16.4 Å². The zero-order valence-electron chi connectivity index (χ0n) is 16.9. The lowest BCUT2D eigenvalue weighted by Gasteiger charge is -2.15. The van der Waals surface area contributed by atoms with E-state index in [0.717, 1.165) is 11.8 Å². The molecule has 0 aliphatic carbocycles. The van der Waals surface area contributed by atoms with Crippen LogP contribution in [0.15, 0.2) is 65.7 Å².